The number of nitrogens with zero attached hydrogens (tertiary/aromatic N) is 3. The molecule has 0 aliphatic carbocycles. The average Bonchev–Trinajstić information content (AvgIpc) is 3.38. The Morgan fingerprint density at radius 1 is 0.938 bits per heavy atom. The first-order chi connectivity index (χ1) is 15.6. The van der Waals surface area contributed by atoms with Crippen molar-refractivity contribution in [1.82, 2.24) is 10.2 Å². The van der Waals surface area contributed by atoms with Crippen LogP contribution in [0.2, 0.25) is 0 Å². The highest BCUT2D eigenvalue weighted by Gasteiger charge is 2.14. The zero-order chi connectivity index (χ0) is 22.3. The minimum Gasteiger partial charge on any atom is -0.496 e. The first-order valence-electron chi connectivity index (χ1n) is 10.5. The molecule has 166 valence electrons. The fraction of sp³-hybridized carbons (Fsp3) is 0.292. The van der Waals surface area contributed by atoms with Gasteiger partial charge in [0.15, 0.2) is 12.4 Å². The maximum atomic E-state index is 12.4. The van der Waals surface area contributed by atoms with Crippen LogP contribution in [0.3, 0.4) is 0 Å². The van der Waals surface area contributed by atoms with E-state index >= 15 is 0 Å². The number of carbonyl (C=O) groups is 1. The van der Waals surface area contributed by atoms with Crippen LogP contribution < -0.4 is 24.4 Å². The molecule has 0 unspecified atom stereocenters. The van der Waals surface area contributed by atoms with Gasteiger partial charge in [-0.1, -0.05) is 12.1 Å². The number of amides is 1. The average molecular weight is 434 g/mol. The van der Waals surface area contributed by atoms with E-state index in [2.05, 4.69) is 20.4 Å². The molecule has 0 saturated carbocycles. The fourth-order valence-corrected chi connectivity index (χ4v) is 3.56. The van der Waals surface area contributed by atoms with Crippen molar-refractivity contribution in [2.45, 2.75) is 12.8 Å². The maximum Gasteiger partial charge on any atom is 0.262 e. The fourth-order valence-electron chi connectivity index (χ4n) is 3.56. The van der Waals surface area contributed by atoms with E-state index in [9.17, 15) is 4.79 Å². The van der Waals surface area contributed by atoms with E-state index < -0.39 is 0 Å². The van der Waals surface area contributed by atoms with Crippen LogP contribution in [0.4, 0.5) is 11.5 Å². The number of anilines is 2. The van der Waals surface area contributed by atoms with E-state index in [0.29, 0.717) is 22.9 Å². The van der Waals surface area contributed by atoms with Crippen molar-refractivity contribution < 1.29 is 19.0 Å². The van der Waals surface area contributed by atoms with E-state index in [0.717, 1.165) is 30.2 Å². The van der Waals surface area contributed by atoms with Crippen LogP contribution in [0.15, 0.2) is 54.6 Å². The van der Waals surface area contributed by atoms with Gasteiger partial charge in [-0.15, -0.1) is 10.2 Å². The van der Waals surface area contributed by atoms with Crippen molar-refractivity contribution in [1.29, 1.82) is 0 Å². The molecule has 1 aliphatic heterocycles. The van der Waals surface area contributed by atoms with Crippen LogP contribution in [0.5, 0.6) is 17.2 Å². The highest BCUT2D eigenvalue weighted by Crippen LogP contribution is 2.27. The van der Waals surface area contributed by atoms with Gasteiger partial charge in [-0.2, -0.15) is 0 Å². The second kappa shape index (κ2) is 10.00. The molecule has 4 rings (SSSR count). The van der Waals surface area contributed by atoms with Gasteiger partial charge in [-0.3, -0.25) is 4.79 Å². The van der Waals surface area contributed by atoms with Crippen molar-refractivity contribution in [3.05, 3.63) is 54.6 Å². The van der Waals surface area contributed by atoms with Crippen LogP contribution in [-0.2, 0) is 4.79 Å². The number of aromatic nitrogens is 2. The Morgan fingerprint density at radius 2 is 1.66 bits per heavy atom. The topological polar surface area (TPSA) is 85.8 Å². The van der Waals surface area contributed by atoms with E-state index in [1.807, 2.05) is 36.4 Å². The standard InChI is InChI=1S/C24H26N4O4/c1-30-19-13-20(31-2)15-21(14-19)32-16-24(29)25-18-7-5-6-17(12-18)22-8-9-23(27-26-22)28-10-3-4-11-28/h5-9,12-15H,3-4,10-11,16H2,1-2H3,(H,25,29). The summed E-state index contributed by atoms with van der Waals surface area (Å²) in [6.07, 6.45) is 2.39. The lowest BCUT2D eigenvalue weighted by Crippen LogP contribution is -2.20. The van der Waals surface area contributed by atoms with Gasteiger partial charge in [0.25, 0.3) is 5.91 Å². The molecule has 2 aromatic carbocycles. The first kappa shape index (κ1) is 21.4. The zero-order valence-electron chi connectivity index (χ0n) is 18.2. The molecule has 8 heteroatoms. The van der Waals surface area contributed by atoms with Gasteiger partial charge in [-0.25, -0.2) is 0 Å². The minimum atomic E-state index is -0.278. The monoisotopic (exact) mass is 434 g/mol. The molecular weight excluding hydrogens is 408 g/mol. The van der Waals surface area contributed by atoms with Gasteiger partial charge in [0, 0.05) is 42.5 Å². The number of hydrogen-bond donors (Lipinski definition) is 1. The minimum absolute atomic E-state index is 0.148. The molecule has 1 aromatic heterocycles. The van der Waals surface area contributed by atoms with Crippen LogP contribution in [0.25, 0.3) is 11.3 Å². The lowest BCUT2D eigenvalue weighted by Gasteiger charge is -2.15. The van der Waals surface area contributed by atoms with Crippen LogP contribution in [0, 0.1) is 0 Å². The van der Waals surface area contributed by atoms with Gasteiger partial charge >= 0.3 is 0 Å². The Labute approximate surface area is 187 Å². The first-order valence-corrected chi connectivity index (χ1v) is 10.5. The van der Waals surface area contributed by atoms with Crippen molar-refractivity contribution in [3.63, 3.8) is 0 Å². The van der Waals surface area contributed by atoms with Gasteiger partial charge in [0.2, 0.25) is 0 Å². The largest absolute Gasteiger partial charge is 0.496 e. The molecule has 1 fully saturated rings. The molecule has 1 aliphatic rings. The normalized spacial score (nSPS) is 13.0. The van der Waals surface area contributed by atoms with Crippen molar-refractivity contribution in [2.75, 3.05) is 44.1 Å². The lowest BCUT2D eigenvalue weighted by molar-refractivity contribution is -0.118. The molecule has 32 heavy (non-hydrogen) atoms. The predicted octanol–water partition coefficient (Wildman–Crippen LogP) is 3.78. The Hall–Kier alpha value is -3.81. The Kier molecular flexibility index (Phi) is 6.69. The SMILES string of the molecule is COc1cc(OC)cc(OCC(=O)Nc2cccc(-c3ccc(N4CCCC4)nn3)c2)c1. The van der Waals surface area contributed by atoms with Crippen molar-refractivity contribution in [3.8, 4) is 28.5 Å². The van der Waals surface area contributed by atoms with Gasteiger partial charge in [-0.05, 0) is 37.1 Å². The molecule has 1 N–H and O–H groups in total. The highest BCUT2D eigenvalue weighted by molar-refractivity contribution is 5.92. The summed E-state index contributed by atoms with van der Waals surface area (Å²) in [4.78, 5) is 14.6. The third-order valence-electron chi connectivity index (χ3n) is 5.22. The number of hydrogen-bond acceptors (Lipinski definition) is 7. The molecule has 0 atom stereocenters. The zero-order valence-corrected chi connectivity index (χ0v) is 18.2. The van der Waals surface area contributed by atoms with E-state index in [4.69, 9.17) is 14.2 Å². The second-order valence-corrected chi connectivity index (χ2v) is 7.44. The summed E-state index contributed by atoms with van der Waals surface area (Å²) in [5, 5.41) is 11.6. The smallest absolute Gasteiger partial charge is 0.262 e. The Morgan fingerprint density at radius 3 is 2.31 bits per heavy atom. The Bertz CT molecular complexity index is 1040. The third-order valence-corrected chi connectivity index (χ3v) is 5.22. The maximum absolute atomic E-state index is 12.4. The highest BCUT2D eigenvalue weighted by atomic mass is 16.5. The van der Waals surface area contributed by atoms with Gasteiger partial charge in [0.05, 0.1) is 19.9 Å². The summed E-state index contributed by atoms with van der Waals surface area (Å²) >= 11 is 0. The van der Waals surface area contributed by atoms with Crippen molar-refractivity contribution >= 4 is 17.4 Å². The van der Waals surface area contributed by atoms with E-state index in [1.54, 1.807) is 32.4 Å². The number of methoxy groups -OCH3 is 2. The van der Waals surface area contributed by atoms with Crippen LogP contribution >= 0.6 is 0 Å². The summed E-state index contributed by atoms with van der Waals surface area (Å²) in [7, 11) is 3.12. The molecule has 0 bridgehead atoms. The number of ether oxygens (including phenoxy) is 3. The van der Waals surface area contributed by atoms with E-state index in [-0.39, 0.29) is 12.5 Å². The quantitative estimate of drug-likeness (QED) is 0.577. The predicted molar refractivity (Wildman–Crippen MR) is 123 cm³/mol. The summed E-state index contributed by atoms with van der Waals surface area (Å²) in [6.45, 7) is 1.91. The van der Waals surface area contributed by atoms with Crippen LogP contribution in [-0.4, -0.2) is 50.0 Å². The van der Waals surface area contributed by atoms with E-state index in [1.165, 1.54) is 12.8 Å². The van der Waals surface area contributed by atoms with Crippen LogP contribution in [0.1, 0.15) is 12.8 Å². The van der Waals surface area contributed by atoms with Gasteiger partial charge in [0.1, 0.15) is 17.2 Å². The second-order valence-electron chi connectivity index (χ2n) is 7.44. The molecule has 0 radical (unpaired) electrons. The molecule has 1 saturated heterocycles. The van der Waals surface area contributed by atoms with Crippen molar-refractivity contribution in [2.24, 2.45) is 0 Å². The Balaban J connectivity index is 1.38. The number of rotatable bonds is 8. The number of carbonyl (C=O) groups excluding carboxylic acids is 1. The molecule has 8 nitrogen and oxygen atoms in total. The summed E-state index contributed by atoms with van der Waals surface area (Å²) in [5.74, 6) is 2.29. The summed E-state index contributed by atoms with van der Waals surface area (Å²) < 4.78 is 16.0. The summed E-state index contributed by atoms with van der Waals surface area (Å²) in [5.41, 5.74) is 2.29. The molecule has 1 amide bonds. The number of nitrogens with one attached hydrogen (secondary N) is 1. The third kappa shape index (κ3) is 5.26. The molecule has 3 aromatic rings. The molecular formula is C24H26N4O4. The molecule has 2 heterocycles. The molecule has 0 spiro atoms. The van der Waals surface area contributed by atoms with Gasteiger partial charge < -0.3 is 24.4 Å². The summed E-state index contributed by atoms with van der Waals surface area (Å²) in [6, 6.07) is 16.6. The lowest BCUT2D eigenvalue weighted by atomic mass is 10.1. The number of benzene rings is 2.